The van der Waals surface area contributed by atoms with Crippen molar-refractivity contribution >= 4 is 11.3 Å². The average Bonchev–Trinajstić information content (AvgIpc) is 3.50. The molecule has 6 nitrogen and oxygen atoms in total. The number of ether oxygens (including phenoxy) is 1. The van der Waals surface area contributed by atoms with Gasteiger partial charge in [-0.2, -0.15) is 13.2 Å². The van der Waals surface area contributed by atoms with E-state index in [4.69, 9.17) is 4.74 Å². The fourth-order valence-electron chi connectivity index (χ4n) is 4.74. The number of alkyl halides is 3. The fraction of sp³-hybridized carbons (Fsp3) is 0.409. The lowest BCUT2D eigenvalue weighted by Gasteiger charge is -2.36. The van der Waals surface area contributed by atoms with Crippen LogP contribution in [0.1, 0.15) is 35.9 Å². The lowest BCUT2D eigenvalue weighted by atomic mass is 10.0. The number of piperidine rings is 1. The zero-order valence-electron chi connectivity index (χ0n) is 17.2. The van der Waals surface area contributed by atoms with E-state index < -0.39 is 18.0 Å². The summed E-state index contributed by atoms with van der Waals surface area (Å²) in [4.78, 5) is 14.7. The van der Waals surface area contributed by atoms with Gasteiger partial charge in [0.25, 0.3) is 0 Å². The number of aromatic nitrogens is 3. The first-order valence-corrected chi connectivity index (χ1v) is 11.2. The minimum Gasteiger partial charge on any atom is -0.473 e. The first-order chi connectivity index (χ1) is 15.3. The van der Waals surface area contributed by atoms with Gasteiger partial charge in [-0.05, 0) is 43.4 Å². The van der Waals surface area contributed by atoms with Crippen LogP contribution in [0.3, 0.4) is 0 Å². The van der Waals surface area contributed by atoms with E-state index >= 15 is 0 Å². The number of rotatable bonds is 5. The lowest BCUT2D eigenvalue weighted by molar-refractivity contribution is -0.137. The summed E-state index contributed by atoms with van der Waals surface area (Å²) in [5.41, 5.74) is 1.56. The van der Waals surface area contributed by atoms with Gasteiger partial charge in [-0.15, -0.1) is 11.3 Å². The molecule has 5 rings (SSSR count). The summed E-state index contributed by atoms with van der Waals surface area (Å²) in [5, 5.41) is 14.0. The van der Waals surface area contributed by atoms with Crippen LogP contribution in [0.4, 0.5) is 13.2 Å². The molecular formula is C22H21F3N4O2S. The van der Waals surface area contributed by atoms with E-state index in [9.17, 15) is 18.3 Å². The number of aliphatic hydroxyl groups excluding tert-OH is 1. The molecule has 3 aromatic rings. The molecule has 3 aromatic heterocycles. The predicted molar refractivity (Wildman–Crippen MR) is 112 cm³/mol. The van der Waals surface area contributed by atoms with Gasteiger partial charge < -0.3 is 9.84 Å². The van der Waals surface area contributed by atoms with Gasteiger partial charge in [0.15, 0.2) is 6.23 Å². The summed E-state index contributed by atoms with van der Waals surface area (Å²) in [5.74, 6) is 0.490. The number of likely N-dealkylation sites (tertiary alicyclic amines) is 1. The molecule has 0 spiro atoms. The van der Waals surface area contributed by atoms with Gasteiger partial charge in [0.2, 0.25) is 5.88 Å². The SMILES string of the molecule is Cc1ccnc(C(O)N2CC3CC(Oc4ccc(C(F)(F)F)cn4)C2C3)c1-c1nccs1. The standard InChI is InChI=1S/C22H21F3N4O2S/c1-12-4-5-26-19(18(12)20-27-6-7-32-20)21(30)29-11-13-8-15(29)16(9-13)31-17-3-2-14(10-28-17)22(23,24)25/h2-7,10,13,15-16,21,30H,8-9,11H2,1H3. The Morgan fingerprint density at radius 1 is 1.16 bits per heavy atom. The second kappa shape index (κ2) is 8.09. The fourth-order valence-corrected chi connectivity index (χ4v) is 5.50. The Labute approximate surface area is 186 Å². The topological polar surface area (TPSA) is 71.4 Å². The molecule has 2 fully saturated rings. The van der Waals surface area contributed by atoms with Gasteiger partial charge in [0, 0.05) is 48.2 Å². The Kier molecular flexibility index (Phi) is 5.39. The van der Waals surface area contributed by atoms with Crippen molar-refractivity contribution in [2.75, 3.05) is 6.54 Å². The summed E-state index contributed by atoms with van der Waals surface area (Å²) >= 11 is 1.49. The maximum Gasteiger partial charge on any atom is 0.417 e. The first kappa shape index (κ1) is 21.3. The highest BCUT2D eigenvalue weighted by atomic mass is 32.1. The van der Waals surface area contributed by atoms with Gasteiger partial charge in [-0.3, -0.25) is 9.88 Å². The van der Waals surface area contributed by atoms with Crippen molar-refractivity contribution in [2.24, 2.45) is 5.92 Å². The van der Waals surface area contributed by atoms with Gasteiger partial charge in [-0.25, -0.2) is 9.97 Å². The number of hydrogen-bond acceptors (Lipinski definition) is 7. The van der Waals surface area contributed by atoms with Gasteiger partial charge in [-0.1, -0.05) is 0 Å². The van der Waals surface area contributed by atoms with Crippen LogP contribution in [0, 0.1) is 12.8 Å². The Balaban J connectivity index is 1.36. The molecule has 1 N–H and O–H groups in total. The number of fused-ring (bicyclic) bond motifs is 2. The van der Waals surface area contributed by atoms with E-state index in [1.54, 1.807) is 12.4 Å². The summed E-state index contributed by atoms with van der Waals surface area (Å²) in [6.45, 7) is 2.67. The lowest BCUT2D eigenvalue weighted by Crippen LogP contribution is -2.46. The third kappa shape index (κ3) is 3.87. The van der Waals surface area contributed by atoms with E-state index in [1.807, 2.05) is 23.3 Å². The van der Waals surface area contributed by atoms with Crippen molar-refractivity contribution in [2.45, 2.75) is 44.3 Å². The minimum absolute atomic E-state index is 0.0782. The highest BCUT2D eigenvalue weighted by Crippen LogP contribution is 2.44. The van der Waals surface area contributed by atoms with Crippen LogP contribution in [0.15, 0.2) is 42.2 Å². The zero-order chi connectivity index (χ0) is 22.5. The predicted octanol–water partition coefficient (Wildman–Crippen LogP) is 4.46. The van der Waals surface area contributed by atoms with Crippen molar-refractivity contribution in [1.82, 2.24) is 19.9 Å². The van der Waals surface area contributed by atoms with Crippen LogP contribution in [0.25, 0.3) is 10.6 Å². The number of aryl methyl sites for hydroxylation is 1. The molecule has 0 amide bonds. The summed E-state index contributed by atoms with van der Waals surface area (Å²) in [6.07, 6.45) is 0.177. The van der Waals surface area contributed by atoms with Gasteiger partial charge in [0.05, 0.1) is 11.3 Å². The van der Waals surface area contributed by atoms with Crippen molar-refractivity contribution in [3.05, 3.63) is 59.0 Å². The van der Waals surface area contributed by atoms with E-state index in [0.717, 1.165) is 41.2 Å². The molecular weight excluding hydrogens is 441 g/mol. The maximum atomic E-state index is 12.8. The second-order valence-electron chi connectivity index (χ2n) is 8.24. The van der Waals surface area contributed by atoms with E-state index in [2.05, 4.69) is 15.0 Å². The third-order valence-electron chi connectivity index (χ3n) is 6.19. The van der Waals surface area contributed by atoms with Crippen LogP contribution in [-0.2, 0) is 6.18 Å². The first-order valence-electron chi connectivity index (χ1n) is 10.3. The quantitative estimate of drug-likeness (QED) is 0.604. The average molecular weight is 462 g/mol. The van der Waals surface area contributed by atoms with Gasteiger partial charge in [0.1, 0.15) is 11.1 Å². The van der Waals surface area contributed by atoms with E-state index in [0.29, 0.717) is 18.2 Å². The van der Waals surface area contributed by atoms with E-state index in [-0.39, 0.29) is 18.0 Å². The highest BCUT2D eigenvalue weighted by molar-refractivity contribution is 7.13. The second-order valence-corrected chi connectivity index (χ2v) is 9.13. The molecule has 10 heteroatoms. The number of nitrogens with zero attached hydrogens (tertiary/aromatic N) is 4. The van der Waals surface area contributed by atoms with Crippen LogP contribution in [0.2, 0.25) is 0 Å². The van der Waals surface area contributed by atoms with Crippen molar-refractivity contribution < 1.29 is 23.0 Å². The molecule has 4 atom stereocenters. The molecule has 4 heterocycles. The van der Waals surface area contributed by atoms with Crippen molar-refractivity contribution in [3.63, 3.8) is 0 Å². The van der Waals surface area contributed by atoms with Crippen LogP contribution >= 0.6 is 11.3 Å². The van der Waals surface area contributed by atoms with Gasteiger partial charge >= 0.3 is 6.18 Å². The number of hydrogen-bond donors (Lipinski definition) is 1. The zero-order valence-corrected chi connectivity index (χ0v) is 18.0. The smallest absolute Gasteiger partial charge is 0.417 e. The number of pyridine rings is 2. The third-order valence-corrected chi connectivity index (χ3v) is 6.98. The molecule has 2 bridgehead atoms. The molecule has 0 radical (unpaired) electrons. The molecule has 1 aliphatic carbocycles. The van der Waals surface area contributed by atoms with Crippen LogP contribution in [-0.4, -0.2) is 43.6 Å². The Morgan fingerprint density at radius 2 is 2.00 bits per heavy atom. The summed E-state index contributed by atoms with van der Waals surface area (Å²) in [7, 11) is 0. The van der Waals surface area contributed by atoms with Crippen molar-refractivity contribution in [3.8, 4) is 16.5 Å². The Hall–Kier alpha value is -2.56. The monoisotopic (exact) mass is 462 g/mol. The highest BCUT2D eigenvalue weighted by Gasteiger charge is 2.49. The van der Waals surface area contributed by atoms with Crippen LogP contribution in [0.5, 0.6) is 5.88 Å². The van der Waals surface area contributed by atoms with Crippen molar-refractivity contribution in [1.29, 1.82) is 0 Å². The molecule has 32 heavy (non-hydrogen) atoms. The number of thiazole rings is 1. The largest absolute Gasteiger partial charge is 0.473 e. The molecule has 1 aliphatic heterocycles. The Bertz CT molecular complexity index is 1090. The van der Waals surface area contributed by atoms with E-state index in [1.165, 1.54) is 17.4 Å². The molecule has 4 unspecified atom stereocenters. The minimum atomic E-state index is -4.44. The Morgan fingerprint density at radius 3 is 2.66 bits per heavy atom. The number of aliphatic hydroxyl groups is 1. The molecule has 0 aromatic carbocycles. The molecule has 1 saturated carbocycles. The maximum absolute atomic E-state index is 12.8. The molecule has 168 valence electrons. The summed E-state index contributed by atoms with van der Waals surface area (Å²) in [6, 6.07) is 4.04. The summed E-state index contributed by atoms with van der Waals surface area (Å²) < 4.78 is 44.3. The number of halogens is 3. The normalized spacial score (nSPS) is 24.1. The molecule has 2 aliphatic rings. The van der Waals surface area contributed by atoms with Crippen LogP contribution < -0.4 is 4.74 Å². The molecule has 1 saturated heterocycles.